The van der Waals surface area contributed by atoms with Crippen LogP contribution in [0, 0.1) is 11.3 Å². The zero-order valence-corrected chi connectivity index (χ0v) is 19.8. The van der Waals surface area contributed by atoms with Crippen molar-refractivity contribution in [1.82, 2.24) is 15.0 Å². The minimum Gasteiger partial charge on any atom is -0.326 e. The molecular formula is C23H22N6O3S2. The van der Waals surface area contributed by atoms with Gasteiger partial charge in [-0.2, -0.15) is 5.26 Å². The molecule has 0 aliphatic heterocycles. The van der Waals surface area contributed by atoms with Gasteiger partial charge < -0.3 is 5.32 Å². The van der Waals surface area contributed by atoms with Crippen LogP contribution in [0.25, 0.3) is 0 Å². The fourth-order valence-electron chi connectivity index (χ4n) is 3.52. The lowest BCUT2D eigenvalue weighted by molar-refractivity contribution is -0.115. The molecule has 1 aliphatic carbocycles. The summed E-state index contributed by atoms with van der Waals surface area (Å²) in [5.74, 6) is 0.237. The standard InChI is InChI=1S/C23H22N6O3S2/c24-15-17-14-16-4-1-2-5-20(16)28-22(17)33-13-10-21(30)27-18-6-8-19(9-7-18)34(31,32)29-23-25-11-3-12-26-23/h3,6-9,11-12,14H,1-2,4-5,10,13H2,(H,27,30)(H,25,26,29). The smallest absolute Gasteiger partial charge is 0.264 e. The Balaban J connectivity index is 1.31. The van der Waals surface area contributed by atoms with Gasteiger partial charge in [-0.1, -0.05) is 0 Å². The number of pyridine rings is 1. The molecule has 0 bridgehead atoms. The first-order chi connectivity index (χ1) is 16.4. The van der Waals surface area contributed by atoms with Gasteiger partial charge in [0.05, 0.1) is 10.5 Å². The van der Waals surface area contributed by atoms with E-state index >= 15 is 0 Å². The van der Waals surface area contributed by atoms with E-state index in [1.165, 1.54) is 48.4 Å². The van der Waals surface area contributed by atoms with Crippen LogP contribution in [0.3, 0.4) is 0 Å². The molecule has 2 heterocycles. The van der Waals surface area contributed by atoms with Gasteiger partial charge >= 0.3 is 0 Å². The van der Waals surface area contributed by atoms with E-state index in [1.54, 1.807) is 6.07 Å². The van der Waals surface area contributed by atoms with E-state index in [1.807, 2.05) is 6.07 Å². The largest absolute Gasteiger partial charge is 0.326 e. The van der Waals surface area contributed by atoms with Crippen molar-refractivity contribution in [2.75, 3.05) is 15.8 Å². The number of thioether (sulfide) groups is 1. The summed E-state index contributed by atoms with van der Waals surface area (Å²) in [5.41, 5.74) is 3.24. The molecule has 0 saturated carbocycles. The Labute approximate surface area is 202 Å². The number of carbonyl (C=O) groups is 1. The number of nitrogens with one attached hydrogen (secondary N) is 2. The Bertz CT molecular complexity index is 1320. The number of nitriles is 1. The van der Waals surface area contributed by atoms with E-state index in [-0.39, 0.29) is 23.2 Å². The molecule has 4 rings (SSSR count). The van der Waals surface area contributed by atoms with Crippen molar-refractivity contribution in [3.8, 4) is 6.07 Å². The van der Waals surface area contributed by atoms with E-state index < -0.39 is 10.0 Å². The van der Waals surface area contributed by atoms with E-state index in [4.69, 9.17) is 0 Å². The molecule has 174 valence electrons. The highest BCUT2D eigenvalue weighted by Gasteiger charge is 2.17. The molecule has 1 aliphatic rings. The number of carbonyl (C=O) groups excluding carboxylic acids is 1. The maximum absolute atomic E-state index is 12.4. The van der Waals surface area contributed by atoms with E-state index in [0.717, 1.165) is 36.9 Å². The molecule has 9 nitrogen and oxygen atoms in total. The van der Waals surface area contributed by atoms with Crippen molar-refractivity contribution in [3.63, 3.8) is 0 Å². The van der Waals surface area contributed by atoms with Crippen LogP contribution in [0.5, 0.6) is 0 Å². The summed E-state index contributed by atoms with van der Waals surface area (Å²) in [6.45, 7) is 0. The summed E-state index contributed by atoms with van der Waals surface area (Å²) < 4.78 is 27.2. The molecule has 0 spiro atoms. The van der Waals surface area contributed by atoms with Crippen LogP contribution in [0.2, 0.25) is 0 Å². The Morgan fingerprint density at radius 3 is 2.59 bits per heavy atom. The minimum atomic E-state index is -3.84. The van der Waals surface area contributed by atoms with Gasteiger partial charge in [0.15, 0.2) is 0 Å². The Morgan fingerprint density at radius 1 is 1.12 bits per heavy atom. The Hall–Kier alpha value is -3.49. The van der Waals surface area contributed by atoms with E-state index in [2.05, 4.69) is 31.1 Å². The summed E-state index contributed by atoms with van der Waals surface area (Å²) >= 11 is 1.40. The second kappa shape index (κ2) is 10.6. The molecule has 0 radical (unpaired) electrons. The minimum absolute atomic E-state index is 0.0228. The van der Waals surface area contributed by atoms with Gasteiger partial charge in [-0.15, -0.1) is 11.8 Å². The van der Waals surface area contributed by atoms with Crippen molar-refractivity contribution in [3.05, 3.63) is 65.6 Å². The number of anilines is 2. The van der Waals surface area contributed by atoms with E-state index in [9.17, 15) is 18.5 Å². The van der Waals surface area contributed by atoms with Gasteiger partial charge in [-0.25, -0.2) is 28.1 Å². The van der Waals surface area contributed by atoms with Crippen molar-refractivity contribution in [2.24, 2.45) is 0 Å². The van der Waals surface area contributed by atoms with Crippen molar-refractivity contribution < 1.29 is 13.2 Å². The molecule has 2 aromatic heterocycles. The number of amides is 1. The van der Waals surface area contributed by atoms with Gasteiger partial charge in [0, 0.05) is 35.9 Å². The number of hydrogen-bond donors (Lipinski definition) is 2. The molecule has 0 unspecified atom stereocenters. The lowest BCUT2D eigenvalue weighted by atomic mass is 9.95. The summed E-state index contributed by atoms with van der Waals surface area (Å²) in [5, 5.41) is 12.9. The van der Waals surface area contributed by atoms with Gasteiger partial charge in [0.2, 0.25) is 11.9 Å². The molecule has 0 atom stereocenters. The second-order valence-corrected chi connectivity index (χ2v) is 10.4. The SMILES string of the molecule is N#Cc1cc2c(nc1SCCC(=O)Nc1ccc(S(=O)(=O)Nc3ncccn3)cc1)CCCC2. The first-order valence-electron chi connectivity index (χ1n) is 10.7. The maximum atomic E-state index is 12.4. The van der Waals surface area contributed by atoms with Crippen LogP contribution in [0.1, 0.15) is 36.1 Å². The number of benzene rings is 1. The monoisotopic (exact) mass is 494 g/mol. The van der Waals surface area contributed by atoms with Crippen LogP contribution in [0.4, 0.5) is 11.6 Å². The molecule has 0 fully saturated rings. The Kier molecular flexibility index (Phi) is 7.40. The lowest BCUT2D eigenvalue weighted by Gasteiger charge is -2.16. The predicted molar refractivity (Wildman–Crippen MR) is 129 cm³/mol. The average Bonchev–Trinajstić information content (AvgIpc) is 2.84. The lowest BCUT2D eigenvalue weighted by Crippen LogP contribution is -2.15. The second-order valence-electron chi connectivity index (χ2n) is 7.61. The molecule has 2 N–H and O–H groups in total. The number of aryl methyl sites for hydroxylation is 2. The molecule has 11 heteroatoms. The third-order valence-corrected chi connectivity index (χ3v) is 7.53. The summed E-state index contributed by atoms with van der Waals surface area (Å²) in [4.78, 5) is 24.7. The molecule has 0 saturated heterocycles. The van der Waals surface area contributed by atoms with Crippen LogP contribution >= 0.6 is 11.8 Å². The fraction of sp³-hybridized carbons (Fsp3) is 0.261. The fourth-order valence-corrected chi connectivity index (χ4v) is 5.39. The maximum Gasteiger partial charge on any atom is 0.264 e. The van der Waals surface area contributed by atoms with Crippen molar-refractivity contribution in [1.29, 1.82) is 5.26 Å². The first kappa shape index (κ1) is 23.7. The number of rotatable bonds is 8. The number of aromatic nitrogens is 3. The highest BCUT2D eigenvalue weighted by atomic mass is 32.2. The number of hydrogen-bond acceptors (Lipinski definition) is 8. The zero-order chi connectivity index (χ0) is 24.0. The summed E-state index contributed by atoms with van der Waals surface area (Å²) in [6.07, 6.45) is 7.21. The number of nitrogens with zero attached hydrogens (tertiary/aromatic N) is 4. The zero-order valence-electron chi connectivity index (χ0n) is 18.2. The van der Waals surface area contributed by atoms with Crippen molar-refractivity contribution in [2.45, 2.75) is 42.0 Å². The normalized spacial score (nSPS) is 12.9. The van der Waals surface area contributed by atoms with Crippen LogP contribution in [-0.2, 0) is 27.7 Å². The van der Waals surface area contributed by atoms with Crippen LogP contribution < -0.4 is 10.0 Å². The quantitative estimate of drug-likeness (QED) is 0.454. The third kappa shape index (κ3) is 5.89. The molecular weight excluding hydrogens is 472 g/mol. The van der Waals surface area contributed by atoms with E-state index in [0.29, 0.717) is 22.0 Å². The summed E-state index contributed by atoms with van der Waals surface area (Å²) in [7, 11) is -3.84. The van der Waals surface area contributed by atoms with Gasteiger partial charge in [0.1, 0.15) is 11.1 Å². The summed E-state index contributed by atoms with van der Waals surface area (Å²) in [6, 6.07) is 11.5. The molecule has 1 aromatic carbocycles. The Morgan fingerprint density at radius 2 is 1.85 bits per heavy atom. The van der Waals surface area contributed by atoms with Crippen LogP contribution in [0.15, 0.2) is 58.7 Å². The third-order valence-electron chi connectivity index (χ3n) is 5.19. The van der Waals surface area contributed by atoms with Gasteiger partial charge in [-0.3, -0.25) is 4.79 Å². The number of sulfonamides is 1. The molecule has 1 amide bonds. The topological polar surface area (TPSA) is 138 Å². The van der Waals surface area contributed by atoms with Crippen molar-refractivity contribution >= 4 is 39.3 Å². The highest BCUT2D eigenvalue weighted by molar-refractivity contribution is 7.99. The molecule has 3 aromatic rings. The van der Waals surface area contributed by atoms with Crippen LogP contribution in [-0.4, -0.2) is 35.0 Å². The number of fused-ring (bicyclic) bond motifs is 1. The first-order valence-corrected chi connectivity index (χ1v) is 13.2. The molecule has 34 heavy (non-hydrogen) atoms. The van der Waals surface area contributed by atoms with Gasteiger partial charge in [0.25, 0.3) is 10.0 Å². The van der Waals surface area contributed by atoms with Gasteiger partial charge in [-0.05, 0) is 67.6 Å². The average molecular weight is 495 g/mol. The predicted octanol–water partition coefficient (Wildman–Crippen LogP) is 3.54. The highest BCUT2D eigenvalue weighted by Crippen LogP contribution is 2.27.